The molecule has 0 unspecified atom stereocenters. The maximum Gasteiger partial charge on any atom is 0.273 e. The lowest BCUT2D eigenvalue weighted by Gasteiger charge is -2.09. The molecule has 6 nitrogen and oxygen atoms in total. The first-order chi connectivity index (χ1) is 11.8. The molecule has 0 aliphatic carbocycles. The minimum atomic E-state index is -0.435. The summed E-state index contributed by atoms with van der Waals surface area (Å²) in [4.78, 5) is 24.8. The van der Waals surface area contributed by atoms with Crippen LogP contribution in [0.15, 0.2) is 24.4 Å². The van der Waals surface area contributed by atoms with Gasteiger partial charge >= 0.3 is 0 Å². The number of hydrogen-bond acceptors (Lipinski definition) is 3. The van der Waals surface area contributed by atoms with Crippen molar-refractivity contribution in [3.05, 3.63) is 45.7 Å². The van der Waals surface area contributed by atoms with E-state index in [0.717, 1.165) is 0 Å². The van der Waals surface area contributed by atoms with Gasteiger partial charge in [-0.1, -0.05) is 37.0 Å². The van der Waals surface area contributed by atoms with Crippen LogP contribution in [-0.4, -0.2) is 28.1 Å². The van der Waals surface area contributed by atoms with Gasteiger partial charge in [0.2, 0.25) is 0 Å². The molecule has 0 fully saturated rings. The zero-order chi connectivity index (χ0) is 18.6. The van der Waals surface area contributed by atoms with Crippen LogP contribution in [0.1, 0.15) is 41.6 Å². The van der Waals surface area contributed by atoms with E-state index in [1.807, 2.05) is 20.8 Å². The van der Waals surface area contributed by atoms with Crippen molar-refractivity contribution in [3.8, 4) is 0 Å². The summed E-state index contributed by atoms with van der Waals surface area (Å²) in [6, 6.07) is 4.60. The quantitative estimate of drug-likeness (QED) is 0.796. The number of aromatic nitrogens is 2. The Bertz CT molecular complexity index is 787. The van der Waals surface area contributed by atoms with Crippen LogP contribution in [0.4, 0.5) is 5.69 Å². The highest BCUT2D eigenvalue weighted by molar-refractivity contribution is 6.37. The van der Waals surface area contributed by atoms with Gasteiger partial charge < -0.3 is 10.6 Å². The molecule has 2 rings (SSSR count). The van der Waals surface area contributed by atoms with E-state index in [0.29, 0.717) is 29.7 Å². The lowest BCUT2D eigenvalue weighted by molar-refractivity contribution is 0.0944. The zero-order valence-corrected chi connectivity index (χ0v) is 15.8. The van der Waals surface area contributed by atoms with Gasteiger partial charge in [-0.25, -0.2) is 0 Å². The molecule has 1 aromatic carbocycles. The first-order valence-electron chi connectivity index (χ1n) is 7.93. The van der Waals surface area contributed by atoms with Gasteiger partial charge in [0, 0.05) is 24.3 Å². The minimum Gasteiger partial charge on any atom is -0.350 e. The Kier molecular flexibility index (Phi) is 6.45. The molecule has 1 heterocycles. The smallest absolute Gasteiger partial charge is 0.273 e. The monoisotopic (exact) mass is 382 g/mol. The number of hydrogen-bond donors (Lipinski definition) is 2. The number of nitrogens with zero attached hydrogens (tertiary/aromatic N) is 2. The normalized spacial score (nSPS) is 10.8. The lowest BCUT2D eigenvalue weighted by atomic mass is 10.2. The fourth-order valence-electron chi connectivity index (χ4n) is 2.09. The minimum absolute atomic E-state index is 0.168. The summed E-state index contributed by atoms with van der Waals surface area (Å²) in [6.07, 6.45) is 1.62. The van der Waals surface area contributed by atoms with Crippen molar-refractivity contribution in [3.63, 3.8) is 0 Å². The first kappa shape index (κ1) is 19.3. The Balaban J connectivity index is 2.24. The van der Waals surface area contributed by atoms with E-state index in [2.05, 4.69) is 15.7 Å². The SMILES string of the molecule is CCn1cc(NC(=O)c2ccc(Cl)cc2Cl)c(C(=O)NCC(C)C)n1. The summed E-state index contributed by atoms with van der Waals surface area (Å²) >= 11 is 11.9. The van der Waals surface area contributed by atoms with Gasteiger partial charge in [-0.05, 0) is 31.0 Å². The van der Waals surface area contributed by atoms with Crippen molar-refractivity contribution in [2.24, 2.45) is 5.92 Å². The number of aryl methyl sites for hydroxylation is 1. The molecule has 0 spiro atoms. The molecule has 0 aliphatic heterocycles. The van der Waals surface area contributed by atoms with Gasteiger partial charge in [-0.15, -0.1) is 0 Å². The largest absolute Gasteiger partial charge is 0.350 e. The predicted octanol–water partition coefficient (Wildman–Crippen LogP) is 3.85. The number of amides is 2. The summed E-state index contributed by atoms with van der Waals surface area (Å²) in [7, 11) is 0. The van der Waals surface area contributed by atoms with Crippen LogP contribution in [0.5, 0.6) is 0 Å². The molecule has 0 aliphatic rings. The highest BCUT2D eigenvalue weighted by atomic mass is 35.5. The fraction of sp³-hybridized carbons (Fsp3) is 0.353. The number of nitrogens with one attached hydrogen (secondary N) is 2. The van der Waals surface area contributed by atoms with Gasteiger partial charge in [0.1, 0.15) is 0 Å². The van der Waals surface area contributed by atoms with Crippen LogP contribution in [0, 0.1) is 5.92 Å². The molecule has 8 heteroatoms. The van der Waals surface area contributed by atoms with Crippen molar-refractivity contribution in [2.75, 3.05) is 11.9 Å². The third-order valence-electron chi connectivity index (χ3n) is 3.40. The summed E-state index contributed by atoms with van der Waals surface area (Å²) in [5.41, 5.74) is 0.768. The van der Waals surface area contributed by atoms with E-state index in [-0.39, 0.29) is 22.2 Å². The molecule has 0 saturated heterocycles. The Labute approximate surface area is 156 Å². The topological polar surface area (TPSA) is 76.0 Å². The molecule has 2 amide bonds. The molecule has 0 bridgehead atoms. The van der Waals surface area contributed by atoms with E-state index < -0.39 is 5.91 Å². The van der Waals surface area contributed by atoms with E-state index in [9.17, 15) is 9.59 Å². The van der Waals surface area contributed by atoms with Crippen molar-refractivity contribution < 1.29 is 9.59 Å². The number of carbonyl (C=O) groups is 2. The maximum atomic E-state index is 12.5. The fourth-order valence-corrected chi connectivity index (χ4v) is 2.58. The number of halogens is 2. The van der Waals surface area contributed by atoms with Crippen molar-refractivity contribution in [1.29, 1.82) is 0 Å². The van der Waals surface area contributed by atoms with Crippen molar-refractivity contribution in [1.82, 2.24) is 15.1 Å². The predicted molar refractivity (Wildman–Crippen MR) is 99.5 cm³/mol. The Morgan fingerprint density at radius 1 is 1.24 bits per heavy atom. The van der Waals surface area contributed by atoms with Gasteiger partial charge in [-0.3, -0.25) is 14.3 Å². The lowest BCUT2D eigenvalue weighted by Crippen LogP contribution is -2.28. The van der Waals surface area contributed by atoms with Gasteiger partial charge in [0.25, 0.3) is 11.8 Å². The molecule has 0 radical (unpaired) electrons. The summed E-state index contributed by atoms with van der Waals surface area (Å²) in [5.74, 6) is -0.461. The van der Waals surface area contributed by atoms with Crippen LogP contribution in [0.3, 0.4) is 0 Å². The average Bonchev–Trinajstić information content (AvgIpc) is 2.95. The Morgan fingerprint density at radius 3 is 2.56 bits per heavy atom. The standard InChI is InChI=1S/C17H20Cl2N4O2/c1-4-23-9-14(15(22-23)17(25)20-8-10(2)3)21-16(24)12-6-5-11(18)7-13(12)19/h5-7,9-10H,4,8H2,1-3H3,(H,20,25)(H,21,24). The third kappa shape index (κ3) is 4.96. The van der Waals surface area contributed by atoms with E-state index in [1.54, 1.807) is 16.9 Å². The second-order valence-electron chi connectivity index (χ2n) is 5.93. The Hall–Kier alpha value is -2.05. The number of rotatable bonds is 6. The summed E-state index contributed by atoms with van der Waals surface area (Å²) in [5, 5.41) is 10.4. The van der Waals surface area contributed by atoms with Crippen LogP contribution in [0.25, 0.3) is 0 Å². The maximum absolute atomic E-state index is 12.5. The highest BCUT2D eigenvalue weighted by Crippen LogP contribution is 2.23. The van der Waals surface area contributed by atoms with Crippen LogP contribution in [-0.2, 0) is 6.54 Å². The third-order valence-corrected chi connectivity index (χ3v) is 3.94. The van der Waals surface area contributed by atoms with Gasteiger partial charge in [0.05, 0.1) is 16.3 Å². The van der Waals surface area contributed by atoms with Gasteiger partial charge in [0.15, 0.2) is 5.69 Å². The number of carbonyl (C=O) groups excluding carboxylic acids is 2. The molecule has 0 saturated carbocycles. The van der Waals surface area contributed by atoms with Crippen molar-refractivity contribution >= 4 is 40.7 Å². The van der Waals surface area contributed by atoms with Crippen LogP contribution in [0.2, 0.25) is 10.0 Å². The van der Waals surface area contributed by atoms with Crippen molar-refractivity contribution in [2.45, 2.75) is 27.3 Å². The molecule has 2 N–H and O–H groups in total. The zero-order valence-electron chi connectivity index (χ0n) is 14.3. The molecular formula is C17H20Cl2N4O2. The molecule has 1 aromatic heterocycles. The number of anilines is 1. The number of benzene rings is 1. The van der Waals surface area contributed by atoms with E-state index in [1.165, 1.54) is 12.1 Å². The molecule has 134 valence electrons. The van der Waals surface area contributed by atoms with E-state index >= 15 is 0 Å². The van der Waals surface area contributed by atoms with Gasteiger partial charge in [-0.2, -0.15) is 5.10 Å². The Morgan fingerprint density at radius 2 is 1.96 bits per heavy atom. The molecular weight excluding hydrogens is 363 g/mol. The molecule has 25 heavy (non-hydrogen) atoms. The first-order valence-corrected chi connectivity index (χ1v) is 8.69. The second kappa shape index (κ2) is 8.36. The summed E-state index contributed by atoms with van der Waals surface area (Å²) < 4.78 is 1.59. The average molecular weight is 383 g/mol. The van der Waals surface area contributed by atoms with Crippen LogP contribution < -0.4 is 10.6 Å². The van der Waals surface area contributed by atoms with Crippen LogP contribution >= 0.6 is 23.2 Å². The highest BCUT2D eigenvalue weighted by Gasteiger charge is 2.20. The van der Waals surface area contributed by atoms with E-state index in [4.69, 9.17) is 23.2 Å². The summed E-state index contributed by atoms with van der Waals surface area (Å²) in [6.45, 7) is 6.98. The molecule has 2 aromatic rings. The molecule has 0 atom stereocenters. The second-order valence-corrected chi connectivity index (χ2v) is 6.77.